The Morgan fingerprint density at radius 1 is 1.05 bits per heavy atom. The smallest absolute Gasteiger partial charge is 0.167 e. The highest BCUT2D eigenvalue weighted by atomic mass is 15.6. The summed E-state index contributed by atoms with van der Waals surface area (Å²) in [5, 5.41) is 12.4. The van der Waals surface area contributed by atoms with Crippen LogP contribution in [0, 0.1) is 13.8 Å². The number of aromatic nitrogens is 4. The van der Waals surface area contributed by atoms with Gasteiger partial charge < -0.3 is 0 Å². The molecule has 0 aliphatic carbocycles. The van der Waals surface area contributed by atoms with E-state index in [0.717, 1.165) is 12.2 Å². The van der Waals surface area contributed by atoms with E-state index in [1.165, 1.54) is 27.1 Å². The fourth-order valence-electron chi connectivity index (χ4n) is 2.90. The van der Waals surface area contributed by atoms with E-state index in [2.05, 4.69) is 71.7 Å². The summed E-state index contributed by atoms with van der Waals surface area (Å²) in [6.07, 6.45) is 0.752. The zero-order chi connectivity index (χ0) is 15.5. The molecule has 1 unspecified atom stereocenters. The molecule has 4 nitrogen and oxygen atoms in total. The van der Waals surface area contributed by atoms with E-state index in [4.69, 9.17) is 0 Å². The van der Waals surface area contributed by atoms with Crippen molar-refractivity contribution >= 4 is 0 Å². The number of benzene rings is 2. The van der Waals surface area contributed by atoms with E-state index in [1.54, 1.807) is 7.05 Å². The average Bonchev–Trinajstić information content (AvgIpc) is 2.92. The highest BCUT2D eigenvalue weighted by Gasteiger charge is 2.19. The lowest BCUT2D eigenvalue weighted by molar-refractivity contribution is 0.625. The van der Waals surface area contributed by atoms with Crippen molar-refractivity contribution in [2.24, 2.45) is 7.05 Å². The third-order valence-corrected chi connectivity index (χ3v) is 3.94. The lowest BCUT2D eigenvalue weighted by Gasteiger charge is -2.19. The molecule has 4 heteroatoms. The summed E-state index contributed by atoms with van der Waals surface area (Å²) >= 11 is 0. The van der Waals surface area contributed by atoms with Crippen molar-refractivity contribution < 1.29 is 0 Å². The van der Waals surface area contributed by atoms with Crippen molar-refractivity contribution in [3.63, 3.8) is 0 Å². The standard InChI is InChI=1S/C18H20N4/c1-13-9-10-16(14(2)11-13)17(15-7-5-4-6-8-15)12-18-19-21-22(3)20-18/h4-11,17H,12H2,1-3H3. The molecule has 0 aliphatic rings. The molecule has 0 saturated heterocycles. The van der Waals surface area contributed by atoms with Gasteiger partial charge in [-0.2, -0.15) is 4.80 Å². The van der Waals surface area contributed by atoms with Crippen LogP contribution in [-0.2, 0) is 13.5 Å². The highest BCUT2D eigenvalue weighted by Crippen LogP contribution is 2.30. The van der Waals surface area contributed by atoms with Crippen LogP contribution in [0.3, 0.4) is 0 Å². The minimum absolute atomic E-state index is 0.242. The number of tetrazole rings is 1. The summed E-state index contributed by atoms with van der Waals surface area (Å²) in [4.78, 5) is 1.51. The van der Waals surface area contributed by atoms with Gasteiger partial charge in [-0.1, -0.05) is 54.1 Å². The molecule has 112 valence electrons. The van der Waals surface area contributed by atoms with Crippen molar-refractivity contribution in [3.05, 3.63) is 76.6 Å². The van der Waals surface area contributed by atoms with Gasteiger partial charge in [0.1, 0.15) is 0 Å². The van der Waals surface area contributed by atoms with E-state index in [1.807, 2.05) is 6.07 Å². The zero-order valence-electron chi connectivity index (χ0n) is 13.2. The molecular weight excluding hydrogens is 272 g/mol. The molecule has 3 rings (SSSR count). The molecule has 0 N–H and O–H groups in total. The van der Waals surface area contributed by atoms with Crippen LogP contribution >= 0.6 is 0 Å². The molecule has 0 bridgehead atoms. The first-order valence-electron chi connectivity index (χ1n) is 7.48. The molecule has 0 radical (unpaired) electrons. The molecular formula is C18H20N4. The fourth-order valence-corrected chi connectivity index (χ4v) is 2.90. The quantitative estimate of drug-likeness (QED) is 0.741. The molecule has 1 atom stereocenters. The molecule has 0 aliphatic heterocycles. The first-order valence-corrected chi connectivity index (χ1v) is 7.48. The monoisotopic (exact) mass is 292 g/mol. The third-order valence-electron chi connectivity index (χ3n) is 3.94. The lowest BCUT2D eigenvalue weighted by Crippen LogP contribution is -2.08. The van der Waals surface area contributed by atoms with E-state index >= 15 is 0 Å². The minimum Gasteiger partial charge on any atom is -0.167 e. The summed E-state index contributed by atoms with van der Waals surface area (Å²) < 4.78 is 0. The maximum absolute atomic E-state index is 4.34. The van der Waals surface area contributed by atoms with Crippen molar-refractivity contribution in [2.45, 2.75) is 26.2 Å². The lowest BCUT2D eigenvalue weighted by atomic mass is 9.85. The van der Waals surface area contributed by atoms with E-state index in [9.17, 15) is 0 Å². The van der Waals surface area contributed by atoms with Gasteiger partial charge in [-0.15, -0.1) is 10.2 Å². The van der Waals surface area contributed by atoms with Gasteiger partial charge in [-0.05, 0) is 35.8 Å². The Bertz CT molecular complexity index is 762. The molecule has 2 aromatic carbocycles. The number of rotatable bonds is 4. The molecule has 0 fully saturated rings. The predicted octanol–water partition coefficient (Wildman–Crippen LogP) is 3.20. The number of hydrogen-bond donors (Lipinski definition) is 0. The molecule has 0 spiro atoms. The summed E-state index contributed by atoms with van der Waals surface area (Å²) in [5.41, 5.74) is 5.19. The van der Waals surface area contributed by atoms with E-state index < -0.39 is 0 Å². The van der Waals surface area contributed by atoms with Crippen LogP contribution in [0.5, 0.6) is 0 Å². The minimum atomic E-state index is 0.242. The van der Waals surface area contributed by atoms with Crippen molar-refractivity contribution in [3.8, 4) is 0 Å². The number of hydrogen-bond acceptors (Lipinski definition) is 3. The van der Waals surface area contributed by atoms with Gasteiger partial charge in [0.2, 0.25) is 0 Å². The van der Waals surface area contributed by atoms with Gasteiger partial charge in [0.25, 0.3) is 0 Å². The van der Waals surface area contributed by atoms with Crippen LogP contribution in [0.25, 0.3) is 0 Å². The van der Waals surface area contributed by atoms with Crippen LogP contribution in [0.15, 0.2) is 48.5 Å². The van der Waals surface area contributed by atoms with Crippen LogP contribution in [0.2, 0.25) is 0 Å². The summed E-state index contributed by atoms with van der Waals surface area (Å²) in [7, 11) is 1.80. The van der Waals surface area contributed by atoms with Crippen molar-refractivity contribution in [2.75, 3.05) is 0 Å². The molecule has 1 heterocycles. The van der Waals surface area contributed by atoms with Gasteiger partial charge in [-0.25, -0.2) is 0 Å². The van der Waals surface area contributed by atoms with Crippen molar-refractivity contribution in [1.29, 1.82) is 0 Å². The van der Waals surface area contributed by atoms with Gasteiger partial charge in [0.15, 0.2) is 5.82 Å². The van der Waals surface area contributed by atoms with Gasteiger partial charge in [-0.3, -0.25) is 0 Å². The second-order valence-corrected chi connectivity index (χ2v) is 5.72. The number of nitrogens with zero attached hydrogens (tertiary/aromatic N) is 4. The Labute approximate surface area is 130 Å². The molecule has 1 aromatic heterocycles. The maximum Gasteiger partial charge on any atom is 0.175 e. The summed E-state index contributed by atoms with van der Waals surface area (Å²) in [5.74, 6) is 1.02. The van der Waals surface area contributed by atoms with Gasteiger partial charge in [0.05, 0.1) is 7.05 Å². The predicted molar refractivity (Wildman–Crippen MR) is 86.7 cm³/mol. The van der Waals surface area contributed by atoms with Crippen molar-refractivity contribution in [1.82, 2.24) is 20.2 Å². The van der Waals surface area contributed by atoms with Crippen LogP contribution < -0.4 is 0 Å². The summed E-state index contributed by atoms with van der Waals surface area (Å²) in [6, 6.07) is 17.2. The SMILES string of the molecule is Cc1ccc(C(Cc2nnn(C)n2)c2ccccc2)c(C)c1. The Morgan fingerprint density at radius 3 is 2.45 bits per heavy atom. The average molecular weight is 292 g/mol. The number of aryl methyl sites for hydroxylation is 3. The molecule has 0 saturated carbocycles. The Kier molecular flexibility index (Phi) is 4.00. The van der Waals surface area contributed by atoms with E-state index in [0.29, 0.717) is 0 Å². The van der Waals surface area contributed by atoms with E-state index in [-0.39, 0.29) is 5.92 Å². The Balaban J connectivity index is 2.02. The normalized spacial score (nSPS) is 12.3. The van der Waals surface area contributed by atoms with Crippen LogP contribution in [0.4, 0.5) is 0 Å². The Hall–Kier alpha value is -2.49. The molecule has 3 aromatic rings. The largest absolute Gasteiger partial charge is 0.175 e. The molecule has 0 amide bonds. The van der Waals surface area contributed by atoms with Gasteiger partial charge >= 0.3 is 0 Å². The first kappa shape index (κ1) is 14.4. The van der Waals surface area contributed by atoms with Gasteiger partial charge in [0, 0.05) is 12.3 Å². The highest BCUT2D eigenvalue weighted by molar-refractivity contribution is 5.40. The summed E-state index contributed by atoms with van der Waals surface area (Å²) in [6.45, 7) is 4.29. The van der Waals surface area contributed by atoms with Crippen LogP contribution in [0.1, 0.15) is 34.0 Å². The second-order valence-electron chi connectivity index (χ2n) is 5.72. The zero-order valence-corrected chi connectivity index (χ0v) is 13.2. The first-order chi connectivity index (χ1) is 10.6. The second kappa shape index (κ2) is 6.10. The maximum atomic E-state index is 4.34. The van der Waals surface area contributed by atoms with Crippen LogP contribution in [-0.4, -0.2) is 20.2 Å². The molecule has 22 heavy (non-hydrogen) atoms. The topological polar surface area (TPSA) is 43.6 Å². The third kappa shape index (κ3) is 3.06. The fraction of sp³-hybridized carbons (Fsp3) is 0.278. The Morgan fingerprint density at radius 2 is 1.82 bits per heavy atom.